The van der Waals surface area contributed by atoms with Gasteiger partial charge in [-0.15, -0.1) is 0 Å². The summed E-state index contributed by atoms with van der Waals surface area (Å²) >= 11 is 0. The van der Waals surface area contributed by atoms with Gasteiger partial charge in [-0.1, -0.05) is 26.0 Å². The van der Waals surface area contributed by atoms with E-state index < -0.39 is 29.3 Å². The Balaban J connectivity index is 0.00000361. The van der Waals surface area contributed by atoms with Gasteiger partial charge in [0.1, 0.15) is 4.90 Å². The van der Waals surface area contributed by atoms with E-state index >= 15 is 0 Å². The fraction of sp³-hybridized carbons (Fsp3) is 0.417. The summed E-state index contributed by atoms with van der Waals surface area (Å²) in [5.74, 6) is -0.710. The Hall–Kier alpha value is -0.586. The minimum atomic E-state index is -4.44. The van der Waals surface area contributed by atoms with E-state index in [-0.39, 0.29) is 30.0 Å². The molecule has 0 spiro atoms. The molecule has 1 radical (unpaired) electrons. The van der Waals surface area contributed by atoms with Gasteiger partial charge in [0.05, 0.1) is 5.56 Å². The van der Waals surface area contributed by atoms with Crippen molar-refractivity contribution in [3.8, 4) is 0 Å². The van der Waals surface area contributed by atoms with E-state index in [1.54, 1.807) is 0 Å². The molecule has 1 N–H and O–H groups in total. The monoisotopic (exact) mass is 309 g/mol. The van der Waals surface area contributed by atoms with Crippen LogP contribution in [0.3, 0.4) is 0 Å². The largest absolute Gasteiger partial charge is 0.516 e. The molecule has 0 fully saturated rings. The molecule has 0 unspecified atom stereocenters. The maximum Gasteiger partial charge on any atom is 0.326 e. The van der Waals surface area contributed by atoms with E-state index in [9.17, 15) is 13.2 Å². The summed E-state index contributed by atoms with van der Waals surface area (Å²) in [6.07, 6.45) is 0. The standard InChI is InChI=1S/C12H18O5SSi.Li/c1-9(2)19(3,4)17-12(13)10-7-5-6-8-11(10)18(14,15)16;/h5-9H,1-4H3,(H,14,15,16);. The molecule has 1 rings (SSSR count). The van der Waals surface area contributed by atoms with Crippen LogP contribution in [0.5, 0.6) is 0 Å². The molecule has 20 heavy (non-hydrogen) atoms. The zero-order chi connectivity index (χ0) is 14.8. The molecule has 0 heterocycles. The summed E-state index contributed by atoms with van der Waals surface area (Å²) in [6, 6.07) is 5.46. The van der Waals surface area contributed by atoms with Crippen LogP contribution in [0.1, 0.15) is 24.2 Å². The van der Waals surface area contributed by atoms with Crippen molar-refractivity contribution in [2.75, 3.05) is 0 Å². The quantitative estimate of drug-likeness (QED) is 0.682. The fourth-order valence-electron chi connectivity index (χ4n) is 1.27. The van der Waals surface area contributed by atoms with Gasteiger partial charge < -0.3 is 4.43 Å². The number of hydrogen-bond acceptors (Lipinski definition) is 4. The van der Waals surface area contributed by atoms with Crippen LogP contribution in [0, 0.1) is 0 Å². The summed E-state index contributed by atoms with van der Waals surface area (Å²) in [6.45, 7) is 7.67. The van der Waals surface area contributed by atoms with E-state index in [0.29, 0.717) is 0 Å². The fourth-order valence-corrected chi connectivity index (χ4v) is 2.78. The number of benzene rings is 1. The second-order valence-electron chi connectivity index (χ2n) is 5.12. The third-order valence-electron chi connectivity index (χ3n) is 3.13. The molecule has 0 aliphatic carbocycles. The van der Waals surface area contributed by atoms with E-state index in [4.69, 9.17) is 8.98 Å². The zero-order valence-corrected chi connectivity index (χ0v) is 14.2. The molecule has 107 valence electrons. The predicted octanol–water partition coefficient (Wildman–Crippen LogP) is 2.32. The third kappa shape index (κ3) is 4.75. The zero-order valence-electron chi connectivity index (χ0n) is 12.4. The molecule has 1 aromatic rings. The number of carbonyl (C=O) groups excluding carboxylic acids is 1. The first kappa shape index (κ1) is 19.4. The van der Waals surface area contributed by atoms with Crippen LogP contribution in [0.25, 0.3) is 0 Å². The summed E-state index contributed by atoms with van der Waals surface area (Å²) in [5, 5.41) is 0. The van der Waals surface area contributed by atoms with Crippen LogP contribution in [0.2, 0.25) is 18.6 Å². The Kier molecular flexibility index (Phi) is 6.71. The average Bonchev–Trinajstić information content (AvgIpc) is 2.27. The average molecular weight is 309 g/mol. The molecule has 8 heteroatoms. The summed E-state index contributed by atoms with van der Waals surface area (Å²) in [5.41, 5.74) is 0.0700. The molecule has 0 aliphatic rings. The topological polar surface area (TPSA) is 80.7 Å². The van der Waals surface area contributed by atoms with Crippen molar-refractivity contribution in [2.45, 2.75) is 37.4 Å². The maximum atomic E-state index is 12.1. The van der Waals surface area contributed by atoms with Crippen molar-refractivity contribution in [3.63, 3.8) is 0 Å². The number of carbonyl (C=O) groups is 1. The van der Waals surface area contributed by atoms with Crippen LogP contribution >= 0.6 is 0 Å². The maximum absolute atomic E-state index is 12.1. The molecular formula is C12H18LiO5SSi. The Morgan fingerprint density at radius 1 is 1.25 bits per heavy atom. The molecule has 0 aliphatic heterocycles. The first-order chi connectivity index (χ1) is 8.55. The van der Waals surface area contributed by atoms with Crippen LogP contribution in [0.4, 0.5) is 0 Å². The Bertz CT molecular complexity index is 583. The van der Waals surface area contributed by atoms with Gasteiger partial charge in [-0.05, 0) is 30.8 Å². The van der Waals surface area contributed by atoms with Crippen LogP contribution in [-0.2, 0) is 14.5 Å². The van der Waals surface area contributed by atoms with Crippen molar-refractivity contribution in [1.82, 2.24) is 0 Å². The molecule has 0 amide bonds. The first-order valence-corrected chi connectivity index (χ1v) is 10.3. The van der Waals surface area contributed by atoms with Crippen molar-refractivity contribution in [3.05, 3.63) is 29.8 Å². The second-order valence-corrected chi connectivity index (χ2v) is 11.1. The van der Waals surface area contributed by atoms with E-state index in [1.165, 1.54) is 24.3 Å². The normalized spacial score (nSPS) is 11.9. The first-order valence-electron chi connectivity index (χ1n) is 5.85. The summed E-state index contributed by atoms with van der Waals surface area (Å²) in [4.78, 5) is 11.6. The van der Waals surface area contributed by atoms with Crippen LogP contribution in [0.15, 0.2) is 29.2 Å². The molecule has 0 saturated carbocycles. The smallest absolute Gasteiger partial charge is 0.326 e. The van der Waals surface area contributed by atoms with Crippen molar-refractivity contribution in [2.24, 2.45) is 0 Å². The minimum absolute atomic E-state index is 0. The Morgan fingerprint density at radius 3 is 2.20 bits per heavy atom. The Morgan fingerprint density at radius 2 is 1.75 bits per heavy atom. The van der Waals surface area contributed by atoms with Crippen molar-refractivity contribution >= 4 is 43.3 Å². The van der Waals surface area contributed by atoms with Gasteiger partial charge in [0.25, 0.3) is 18.4 Å². The Labute approximate surface area is 132 Å². The third-order valence-corrected chi connectivity index (χ3v) is 7.54. The van der Waals surface area contributed by atoms with Crippen molar-refractivity contribution in [1.29, 1.82) is 0 Å². The molecular weight excluding hydrogens is 291 g/mol. The molecule has 0 saturated heterocycles. The van der Waals surface area contributed by atoms with Gasteiger partial charge in [-0.25, -0.2) is 4.79 Å². The number of hydrogen-bond donors (Lipinski definition) is 1. The molecule has 0 atom stereocenters. The van der Waals surface area contributed by atoms with Crippen LogP contribution in [-0.4, -0.2) is 46.1 Å². The van der Waals surface area contributed by atoms with Crippen LogP contribution < -0.4 is 0 Å². The molecule has 0 bridgehead atoms. The van der Waals surface area contributed by atoms with Gasteiger partial charge >= 0.3 is 5.97 Å². The second kappa shape index (κ2) is 6.92. The summed E-state index contributed by atoms with van der Waals surface area (Å²) < 4.78 is 37.0. The van der Waals surface area contributed by atoms with Gasteiger partial charge in [-0.3, -0.25) is 4.55 Å². The molecule has 5 nitrogen and oxygen atoms in total. The van der Waals surface area contributed by atoms with E-state index in [2.05, 4.69) is 0 Å². The number of rotatable bonds is 4. The molecule has 1 aromatic carbocycles. The van der Waals surface area contributed by atoms with Gasteiger partial charge in [-0.2, -0.15) is 8.42 Å². The van der Waals surface area contributed by atoms with E-state index in [0.717, 1.165) is 0 Å². The van der Waals surface area contributed by atoms with Gasteiger partial charge in [0.2, 0.25) is 0 Å². The molecule has 0 aromatic heterocycles. The van der Waals surface area contributed by atoms with Gasteiger partial charge in [0, 0.05) is 18.9 Å². The van der Waals surface area contributed by atoms with Gasteiger partial charge in [0.15, 0.2) is 0 Å². The minimum Gasteiger partial charge on any atom is -0.516 e. The SMILES string of the molecule is CC(C)[Si](C)(C)OC(=O)c1ccccc1S(=O)(=O)O.[Li]. The predicted molar refractivity (Wildman–Crippen MR) is 80.0 cm³/mol. The van der Waals surface area contributed by atoms with E-state index in [1.807, 2.05) is 26.9 Å². The summed E-state index contributed by atoms with van der Waals surface area (Å²) in [7, 11) is -6.67. The van der Waals surface area contributed by atoms with Crippen molar-refractivity contribution < 1.29 is 22.2 Å².